The number of para-hydroxylation sites is 2. The molecule has 3 aromatic rings. The molecule has 3 N–H and O–H groups in total. The monoisotopic (exact) mass is 360 g/mol. The van der Waals surface area contributed by atoms with Crippen molar-refractivity contribution in [3.05, 3.63) is 46.4 Å². The van der Waals surface area contributed by atoms with E-state index in [1.165, 1.54) is 13.3 Å². The molecule has 0 fully saturated rings. The van der Waals surface area contributed by atoms with Crippen molar-refractivity contribution in [2.45, 2.75) is 0 Å². The number of nitrogens with zero attached hydrogens (tertiary/aromatic N) is 2. The average Bonchev–Trinajstić information content (AvgIpc) is 2.93. The first-order valence-electron chi connectivity index (χ1n) is 6.47. The summed E-state index contributed by atoms with van der Waals surface area (Å²) in [4.78, 5) is 7.44. The molecule has 2 aromatic carbocycles. The minimum absolute atomic E-state index is 0.0286. The maximum absolute atomic E-state index is 10.0. The zero-order valence-corrected chi connectivity index (χ0v) is 13.3. The molecule has 0 bridgehead atoms. The first kappa shape index (κ1) is 14.4. The van der Waals surface area contributed by atoms with Crippen LogP contribution in [0, 0.1) is 0 Å². The number of aromatic amines is 1. The van der Waals surface area contributed by atoms with Gasteiger partial charge in [-0.25, -0.2) is 10.4 Å². The number of hydrogen-bond donors (Lipinski definition) is 3. The van der Waals surface area contributed by atoms with E-state index >= 15 is 0 Å². The Morgan fingerprint density at radius 1 is 1.36 bits per heavy atom. The number of hydrogen-bond acceptors (Lipinski definition) is 5. The van der Waals surface area contributed by atoms with E-state index < -0.39 is 0 Å². The molecule has 0 aliphatic heterocycles. The molecule has 0 spiro atoms. The highest BCUT2D eigenvalue weighted by atomic mass is 79.9. The third-order valence-corrected chi connectivity index (χ3v) is 3.51. The van der Waals surface area contributed by atoms with Gasteiger partial charge in [0.25, 0.3) is 0 Å². The van der Waals surface area contributed by atoms with Crippen LogP contribution < -0.4 is 10.2 Å². The third-order valence-electron chi connectivity index (χ3n) is 3.05. The predicted molar refractivity (Wildman–Crippen MR) is 89.7 cm³/mol. The zero-order valence-electron chi connectivity index (χ0n) is 11.7. The van der Waals surface area contributed by atoms with E-state index in [1.807, 2.05) is 24.3 Å². The minimum atomic E-state index is 0.0286. The SMILES string of the molecule is COc1cc(Br)cc(/C=N\Nc2nc3ccccc3[nH]2)c1O. The lowest BCUT2D eigenvalue weighted by atomic mass is 10.2. The average molecular weight is 361 g/mol. The third kappa shape index (κ3) is 2.89. The summed E-state index contributed by atoms with van der Waals surface area (Å²) in [5.41, 5.74) is 5.10. The van der Waals surface area contributed by atoms with E-state index in [0.717, 1.165) is 15.5 Å². The molecule has 1 aromatic heterocycles. The Kier molecular flexibility index (Phi) is 3.97. The molecule has 22 heavy (non-hydrogen) atoms. The fraction of sp³-hybridized carbons (Fsp3) is 0.0667. The van der Waals surface area contributed by atoms with Crippen molar-refractivity contribution in [2.24, 2.45) is 5.10 Å². The van der Waals surface area contributed by atoms with Gasteiger partial charge in [0.2, 0.25) is 5.95 Å². The molecule has 7 heteroatoms. The molecule has 0 atom stereocenters. The summed E-state index contributed by atoms with van der Waals surface area (Å²) in [6, 6.07) is 11.1. The van der Waals surface area contributed by atoms with E-state index in [2.05, 4.69) is 36.4 Å². The topological polar surface area (TPSA) is 82.5 Å². The molecule has 6 nitrogen and oxygen atoms in total. The second kappa shape index (κ2) is 6.07. The molecule has 0 aliphatic carbocycles. The van der Waals surface area contributed by atoms with Gasteiger partial charge in [-0.2, -0.15) is 5.10 Å². The lowest BCUT2D eigenvalue weighted by Crippen LogP contribution is -1.94. The smallest absolute Gasteiger partial charge is 0.222 e. The van der Waals surface area contributed by atoms with E-state index in [4.69, 9.17) is 4.74 Å². The summed E-state index contributed by atoms with van der Waals surface area (Å²) in [7, 11) is 1.50. The highest BCUT2D eigenvalue weighted by Gasteiger charge is 2.08. The summed E-state index contributed by atoms with van der Waals surface area (Å²) in [5, 5.41) is 14.1. The molecule has 0 saturated heterocycles. The van der Waals surface area contributed by atoms with Crippen molar-refractivity contribution in [3.8, 4) is 11.5 Å². The Morgan fingerprint density at radius 2 is 2.18 bits per heavy atom. The number of methoxy groups -OCH3 is 1. The maximum atomic E-state index is 10.0. The summed E-state index contributed by atoms with van der Waals surface area (Å²) in [6.45, 7) is 0. The van der Waals surface area contributed by atoms with Crippen LogP contribution in [0.5, 0.6) is 11.5 Å². The van der Waals surface area contributed by atoms with E-state index in [0.29, 0.717) is 17.3 Å². The molecule has 0 unspecified atom stereocenters. The number of imidazole rings is 1. The van der Waals surface area contributed by atoms with Crippen LogP contribution in [0.3, 0.4) is 0 Å². The van der Waals surface area contributed by atoms with Crippen LogP contribution in [0.4, 0.5) is 5.95 Å². The number of phenols is 1. The van der Waals surface area contributed by atoms with Crippen molar-refractivity contribution < 1.29 is 9.84 Å². The number of anilines is 1. The van der Waals surface area contributed by atoms with Gasteiger partial charge in [0, 0.05) is 10.0 Å². The Labute approximate surface area is 135 Å². The largest absolute Gasteiger partial charge is 0.504 e. The van der Waals surface area contributed by atoms with E-state index in [1.54, 1.807) is 12.1 Å². The molecular formula is C15H13BrN4O2. The van der Waals surface area contributed by atoms with Crippen molar-refractivity contribution in [1.82, 2.24) is 9.97 Å². The van der Waals surface area contributed by atoms with Crippen molar-refractivity contribution in [1.29, 1.82) is 0 Å². The highest BCUT2D eigenvalue weighted by molar-refractivity contribution is 9.10. The molecule has 112 valence electrons. The normalized spacial score (nSPS) is 11.2. The quantitative estimate of drug-likeness (QED) is 0.491. The van der Waals surface area contributed by atoms with Crippen molar-refractivity contribution in [3.63, 3.8) is 0 Å². The van der Waals surface area contributed by atoms with Crippen LogP contribution in [-0.4, -0.2) is 28.4 Å². The number of halogens is 1. The van der Waals surface area contributed by atoms with Gasteiger partial charge in [-0.15, -0.1) is 0 Å². The number of nitrogens with one attached hydrogen (secondary N) is 2. The van der Waals surface area contributed by atoms with Gasteiger partial charge in [-0.3, -0.25) is 0 Å². The standard InChI is InChI=1S/C15H13BrN4O2/c1-22-13-7-10(16)6-9(14(13)21)8-17-20-15-18-11-4-2-3-5-12(11)19-15/h2-8,21H,1H3,(H2,18,19,20)/b17-8-. The molecule has 0 radical (unpaired) electrons. The molecular weight excluding hydrogens is 348 g/mol. The van der Waals surface area contributed by atoms with Gasteiger partial charge in [-0.05, 0) is 24.3 Å². The highest BCUT2D eigenvalue weighted by Crippen LogP contribution is 2.32. The lowest BCUT2D eigenvalue weighted by molar-refractivity contribution is 0.373. The number of rotatable bonds is 4. The van der Waals surface area contributed by atoms with Gasteiger partial charge in [0.1, 0.15) is 0 Å². The number of phenolic OH excluding ortho intramolecular Hbond substituents is 1. The van der Waals surface area contributed by atoms with Gasteiger partial charge < -0.3 is 14.8 Å². The number of fused-ring (bicyclic) bond motifs is 1. The molecule has 1 heterocycles. The second-order valence-corrected chi connectivity index (χ2v) is 5.43. The fourth-order valence-corrected chi connectivity index (χ4v) is 2.47. The number of aromatic nitrogens is 2. The Morgan fingerprint density at radius 3 is 2.95 bits per heavy atom. The summed E-state index contributed by atoms with van der Waals surface area (Å²) in [5.74, 6) is 0.930. The van der Waals surface area contributed by atoms with Crippen LogP contribution in [0.15, 0.2) is 46.0 Å². The summed E-state index contributed by atoms with van der Waals surface area (Å²) in [6.07, 6.45) is 1.50. The van der Waals surface area contributed by atoms with Crippen LogP contribution in [0.25, 0.3) is 11.0 Å². The number of ether oxygens (including phenoxy) is 1. The molecule has 3 rings (SSSR count). The van der Waals surface area contributed by atoms with Crippen LogP contribution >= 0.6 is 15.9 Å². The molecule has 0 saturated carbocycles. The van der Waals surface area contributed by atoms with Gasteiger partial charge in [0.05, 0.1) is 24.4 Å². The number of hydrazone groups is 1. The second-order valence-electron chi connectivity index (χ2n) is 4.52. The Hall–Kier alpha value is -2.54. The first-order chi connectivity index (χ1) is 10.7. The lowest BCUT2D eigenvalue weighted by Gasteiger charge is -2.06. The van der Waals surface area contributed by atoms with Gasteiger partial charge >= 0.3 is 0 Å². The first-order valence-corrected chi connectivity index (χ1v) is 7.27. The van der Waals surface area contributed by atoms with Crippen molar-refractivity contribution in [2.75, 3.05) is 12.5 Å². The van der Waals surface area contributed by atoms with Crippen LogP contribution in [-0.2, 0) is 0 Å². The predicted octanol–water partition coefficient (Wildman–Crippen LogP) is 3.49. The molecule has 0 aliphatic rings. The van der Waals surface area contributed by atoms with Crippen molar-refractivity contribution >= 4 is 39.1 Å². The summed E-state index contributed by atoms with van der Waals surface area (Å²) >= 11 is 3.36. The minimum Gasteiger partial charge on any atom is -0.504 e. The summed E-state index contributed by atoms with van der Waals surface area (Å²) < 4.78 is 5.87. The zero-order chi connectivity index (χ0) is 15.5. The van der Waals surface area contributed by atoms with Gasteiger partial charge in [0.15, 0.2) is 11.5 Å². The Balaban J connectivity index is 1.81. The van der Waals surface area contributed by atoms with Crippen LogP contribution in [0.1, 0.15) is 5.56 Å². The number of benzene rings is 2. The Bertz CT molecular complexity index is 812. The maximum Gasteiger partial charge on any atom is 0.222 e. The number of aromatic hydroxyl groups is 1. The van der Waals surface area contributed by atoms with Crippen LogP contribution in [0.2, 0.25) is 0 Å². The van der Waals surface area contributed by atoms with Gasteiger partial charge in [-0.1, -0.05) is 28.1 Å². The number of H-pyrrole nitrogens is 1. The fourth-order valence-electron chi connectivity index (χ4n) is 2.02. The molecule has 0 amide bonds. The van der Waals surface area contributed by atoms with E-state index in [9.17, 15) is 5.11 Å². The van der Waals surface area contributed by atoms with E-state index in [-0.39, 0.29) is 5.75 Å².